The van der Waals surface area contributed by atoms with Gasteiger partial charge in [-0.05, 0) is 18.6 Å². The number of halogens is 1. The van der Waals surface area contributed by atoms with Crippen LogP contribution < -0.4 is 10.6 Å². The van der Waals surface area contributed by atoms with Crippen molar-refractivity contribution in [1.29, 1.82) is 0 Å². The van der Waals surface area contributed by atoms with Gasteiger partial charge in [0.05, 0.1) is 5.69 Å². The van der Waals surface area contributed by atoms with Gasteiger partial charge < -0.3 is 10.6 Å². The summed E-state index contributed by atoms with van der Waals surface area (Å²) in [5.74, 6) is -0.812. The lowest BCUT2D eigenvalue weighted by Crippen LogP contribution is -2.37. The van der Waals surface area contributed by atoms with Crippen LogP contribution in [0.3, 0.4) is 0 Å². The van der Waals surface area contributed by atoms with Crippen LogP contribution in [0.4, 0.5) is 9.57 Å². The molecule has 6 nitrogen and oxygen atoms in total. The van der Waals surface area contributed by atoms with Crippen molar-refractivity contribution in [2.45, 2.75) is 23.8 Å². The number of nitrogens with one attached hydrogen (secondary N) is 2. The number of carbonyl (C=O) groups excluding carboxylic acids is 2. The van der Waals surface area contributed by atoms with Gasteiger partial charge in [0.15, 0.2) is 0 Å². The molecule has 0 bridgehead atoms. The largest absolute Gasteiger partial charge is 0.344 e. The summed E-state index contributed by atoms with van der Waals surface area (Å²) in [5, 5.41) is 4.74. The molecule has 0 radical (unpaired) electrons. The number of hydrogen-bond acceptors (Lipinski definition) is 4. The van der Waals surface area contributed by atoms with Crippen LogP contribution in [-0.4, -0.2) is 26.3 Å². The first-order chi connectivity index (χ1) is 8.88. The topological polar surface area (TPSA) is 92.3 Å². The molecule has 1 heterocycles. The van der Waals surface area contributed by atoms with Crippen molar-refractivity contribution in [3.05, 3.63) is 24.3 Å². The van der Waals surface area contributed by atoms with Crippen LogP contribution in [-0.2, 0) is 19.8 Å². The second-order valence-electron chi connectivity index (χ2n) is 4.08. The number of benzene rings is 1. The molecule has 1 aromatic rings. The fourth-order valence-electron chi connectivity index (χ4n) is 1.81. The van der Waals surface area contributed by atoms with Crippen LogP contribution in [0.1, 0.15) is 12.8 Å². The Morgan fingerprint density at radius 1 is 1.37 bits per heavy atom. The molecule has 1 aliphatic heterocycles. The van der Waals surface area contributed by atoms with Gasteiger partial charge in [-0.2, -0.15) is 8.42 Å². The molecule has 8 heteroatoms. The molecule has 1 fully saturated rings. The Morgan fingerprint density at radius 2 is 2.05 bits per heavy atom. The summed E-state index contributed by atoms with van der Waals surface area (Å²) in [7, 11) is -4.92. The molecule has 0 aliphatic carbocycles. The summed E-state index contributed by atoms with van der Waals surface area (Å²) in [5.41, 5.74) is -0.142. The van der Waals surface area contributed by atoms with Crippen LogP contribution >= 0.6 is 0 Å². The molecule has 2 N–H and O–H groups in total. The molecule has 1 atom stereocenters. The van der Waals surface area contributed by atoms with Crippen LogP contribution in [0.5, 0.6) is 0 Å². The summed E-state index contributed by atoms with van der Waals surface area (Å²) in [6, 6.07) is 4.43. The zero-order valence-electron chi connectivity index (χ0n) is 9.72. The Labute approximate surface area is 109 Å². The smallest absolute Gasteiger partial charge is 0.334 e. The molecule has 1 saturated heterocycles. The number of amides is 2. The summed E-state index contributed by atoms with van der Waals surface area (Å²) in [6.07, 6.45) is 0.566. The molecule has 2 rings (SSSR count). The molecule has 19 heavy (non-hydrogen) atoms. The highest BCUT2D eigenvalue weighted by atomic mass is 32.3. The van der Waals surface area contributed by atoms with Crippen molar-refractivity contribution in [3.63, 3.8) is 0 Å². The number of rotatable bonds is 3. The highest BCUT2D eigenvalue weighted by molar-refractivity contribution is 7.86. The van der Waals surface area contributed by atoms with Crippen molar-refractivity contribution in [3.8, 4) is 0 Å². The van der Waals surface area contributed by atoms with E-state index in [1.54, 1.807) is 0 Å². The monoisotopic (exact) mass is 286 g/mol. The zero-order chi connectivity index (χ0) is 14.0. The molecule has 0 unspecified atom stereocenters. The third-order valence-corrected chi connectivity index (χ3v) is 3.60. The number of anilines is 1. The first-order valence-corrected chi connectivity index (χ1v) is 6.90. The van der Waals surface area contributed by atoms with Crippen molar-refractivity contribution < 1.29 is 21.9 Å². The van der Waals surface area contributed by atoms with E-state index in [1.807, 2.05) is 0 Å². The Balaban J connectivity index is 2.20. The van der Waals surface area contributed by atoms with Gasteiger partial charge in [-0.3, -0.25) is 9.59 Å². The predicted molar refractivity (Wildman–Crippen MR) is 64.5 cm³/mol. The van der Waals surface area contributed by atoms with Gasteiger partial charge in [-0.15, -0.1) is 3.89 Å². The minimum Gasteiger partial charge on any atom is -0.344 e. The van der Waals surface area contributed by atoms with Gasteiger partial charge >= 0.3 is 10.2 Å². The van der Waals surface area contributed by atoms with Crippen LogP contribution in [0, 0.1) is 0 Å². The Bertz CT molecular complexity index is 629. The number of carbonyl (C=O) groups is 2. The first kappa shape index (κ1) is 13.5. The van der Waals surface area contributed by atoms with Crippen LogP contribution in [0.25, 0.3) is 0 Å². The SMILES string of the molecule is O=C1CC[C@@H](C(=O)Nc2ccccc2S(=O)(=O)F)N1. The maximum Gasteiger partial charge on any atom is 0.334 e. The van der Waals surface area contributed by atoms with Crippen molar-refractivity contribution in [2.24, 2.45) is 0 Å². The van der Waals surface area contributed by atoms with Gasteiger partial charge in [-0.25, -0.2) is 0 Å². The fourth-order valence-corrected chi connectivity index (χ4v) is 2.44. The van der Waals surface area contributed by atoms with Gasteiger partial charge in [0.2, 0.25) is 11.8 Å². The minimum atomic E-state index is -4.92. The average molecular weight is 286 g/mol. The second kappa shape index (κ2) is 4.96. The lowest BCUT2D eigenvalue weighted by Gasteiger charge is -2.12. The number of hydrogen-bond donors (Lipinski definition) is 2. The van der Waals surface area contributed by atoms with Gasteiger partial charge in [-0.1, -0.05) is 12.1 Å². The highest BCUT2D eigenvalue weighted by Gasteiger charge is 2.28. The summed E-state index contributed by atoms with van der Waals surface area (Å²) in [4.78, 5) is 22.2. The van der Waals surface area contributed by atoms with Gasteiger partial charge in [0.25, 0.3) is 0 Å². The van der Waals surface area contributed by atoms with Crippen LogP contribution in [0.15, 0.2) is 29.2 Å². The summed E-state index contributed by atoms with van der Waals surface area (Å²) < 4.78 is 34.9. The van der Waals surface area contributed by atoms with Crippen molar-refractivity contribution in [1.82, 2.24) is 5.32 Å². The molecule has 2 amide bonds. The third-order valence-electron chi connectivity index (χ3n) is 2.72. The molecular weight excluding hydrogens is 275 g/mol. The number of para-hydroxylation sites is 1. The van der Waals surface area contributed by atoms with E-state index >= 15 is 0 Å². The average Bonchev–Trinajstić information content (AvgIpc) is 2.75. The Hall–Kier alpha value is -1.96. The second-order valence-corrected chi connectivity index (χ2v) is 5.40. The molecule has 1 aromatic carbocycles. The third kappa shape index (κ3) is 3.08. The van der Waals surface area contributed by atoms with E-state index in [0.29, 0.717) is 6.42 Å². The van der Waals surface area contributed by atoms with E-state index in [9.17, 15) is 21.9 Å². The Morgan fingerprint density at radius 3 is 2.63 bits per heavy atom. The quantitative estimate of drug-likeness (QED) is 0.794. The van der Waals surface area contributed by atoms with E-state index in [2.05, 4.69) is 10.6 Å². The molecule has 1 aliphatic rings. The standard InChI is InChI=1S/C11H11FN2O4S/c12-19(17,18)9-4-2-1-3-7(9)14-11(16)8-5-6-10(15)13-8/h1-4,8H,5-6H2,(H,13,15)(H,14,16)/t8-/m0/s1. The zero-order valence-corrected chi connectivity index (χ0v) is 10.5. The van der Waals surface area contributed by atoms with Gasteiger partial charge in [0.1, 0.15) is 10.9 Å². The van der Waals surface area contributed by atoms with Crippen molar-refractivity contribution >= 4 is 27.7 Å². The van der Waals surface area contributed by atoms with E-state index in [1.165, 1.54) is 18.2 Å². The van der Waals surface area contributed by atoms with E-state index < -0.39 is 27.1 Å². The summed E-state index contributed by atoms with van der Waals surface area (Å²) >= 11 is 0. The Kier molecular flexibility index (Phi) is 3.52. The molecule has 102 valence electrons. The van der Waals surface area contributed by atoms with Crippen molar-refractivity contribution in [2.75, 3.05) is 5.32 Å². The van der Waals surface area contributed by atoms with E-state index in [0.717, 1.165) is 6.07 Å². The van der Waals surface area contributed by atoms with E-state index in [-0.39, 0.29) is 18.0 Å². The lowest BCUT2D eigenvalue weighted by molar-refractivity contribution is -0.122. The fraction of sp³-hybridized carbons (Fsp3) is 0.273. The summed E-state index contributed by atoms with van der Waals surface area (Å²) in [6.45, 7) is 0. The van der Waals surface area contributed by atoms with E-state index in [4.69, 9.17) is 0 Å². The van der Waals surface area contributed by atoms with Gasteiger partial charge in [0, 0.05) is 6.42 Å². The molecular formula is C11H11FN2O4S. The molecule has 0 spiro atoms. The lowest BCUT2D eigenvalue weighted by atomic mass is 10.2. The minimum absolute atomic E-state index is 0.142. The first-order valence-electron chi connectivity index (χ1n) is 5.52. The normalized spacial score (nSPS) is 19.0. The maximum atomic E-state index is 13.0. The molecule has 0 aromatic heterocycles. The highest BCUT2D eigenvalue weighted by Crippen LogP contribution is 2.23. The van der Waals surface area contributed by atoms with Crippen LogP contribution in [0.2, 0.25) is 0 Å². The maximum absolute atomic E-state index is 13.0. The molecule has 0 saturated carbocycles. The predicted octanol–water partition coefficient (Wildman–Crippen LogP) is 0.562.